The van der Waals surface area contributed by atoms with Crippen LogP contribution in [0.15, 0.2) is 24.3 Å². The van der Waals surface area contributed by atoms with Crippen molar-refractivity contribution >= 4 is 15.7 Å². The smallest absolute Gasteiger partial charge is 0.232 e. The minimum Gasteiger partial charge on any atom is -0.273 e. The van der Waals surface area contributed by atoms with Crippen LogP contribution >= 0.6 is 0 Å². The van der Waals surface area contributed by atoms with Gasteiger partial charge in [-0.1, -0.05) is 25.1 Å². The molecule has 14 heavy (non-hydrogen) atoms. The third-order valence-electron chi connectivity index (χ3n) is 2.21. The van der Waals surface area contributed by atoms with Crippen molar-refractivity contribution in [1.82, 2.24) is 0 Å². The molecule has 0 fully saturated rings. The predicted molar refractivity (Wildman–Crippen MR) is 59.1 cm³/mol. The third-order valence-corrected chi connectivity index (χ3v) is 3.40. The van der Waals surface area contributed by atoms with Crippen LogP contribution in [0.2, 0.25) is 0 Å². The van der Waals surface area contributed by atoms with E-state index in [9.17, 15) is 8.42 Å². The SMILES string of the molecule is CCc1ccccc1N(C)S(C)(=O)=O. The van der Waals surface area contributed by atoms with Gasteiger partial charge in [0.2, 0.25) is 10.0 Å². The zero-order valence-corrected chi connectivity index (χ0v) is 9.50. The molecule has 1 aromatic carbocycles. The Hall–Kier alpha value is -1.03. The zero-order valence-electron chi connectivity index (χ0n) is 8.69. The van der Waals surface area contributed by atoms with Crippen molar-refractivity contribution < 1.29 is 8.42 Å². The Labute approximate surface area is 85.4 Å². The van der Waals surface area contributed by atoms with Crippen molar-refractivity contribution in [3.8, 4) is 0 Å². The maximum Gasteiger partial charge on any atom is 0.232 e. The summed E-state index contributed by atoms with van der Waals surface area (Å²) < 4.78 is 24.0. The van der Waals surface area contributed by atoms with E-state index < -0.39 is 10.0 Å². The van der Waals surface area contributed by atoms with E-state index in [2.05, 4.69) is 0 Å². The number of sulfonamides is 1. The van der Waals surface area contributed by atoms with Crippen molar-refractivity contribution in [2.75, 3.05) is 17.6 Å². The molecule has 4 heteroatoms. The van der Waals surface area contributed by atoms with Gasteiger partial charge in [-0.3, -0.25) is 4.31 Å². The van der Waals surface area contributed by atoms with Crippen LogP contribution < -0.4 is 4.31 Å². The standard InChI is InChI=1S/C10H15NO2S/c1-4-9-7-5-6-8-10(9)11(2)14(3,12)13/h5-8H,4H2,1-3H3. The molecule has 0 aliphatic heterocycles. The van der Waals surface area contributed by atoms with Gasteiger partial charge in [0.1, 0.15) is 0 Å². The van der Waals surface area contributed by atoms with Crippen LogP contribution in [0.1, 0.15) is 12.5 Å². The number of anilines is 1. The van der Waals surface area contributed by atoms with E-state index >= 15 is 0 Å². The Bertz CT molecular complexity index is 412. The quantitative estimate of drug-likeness (QED) is 0.765. The number of hydrogen-bond acceptors (Lipinski definition) is 2. The highest BCUT2D eigenvalue weighted by Crippen LogP contribution is 2.21. The molecular formula is C10H15NO2S. The lowest BCUT2D eigenvalue weighted by atomic mass is 10.1. The van der Waals surface area contributed by atoms with Gasteiger partial charge in [-0.25, -0.2) is 8.42 Å². The fraction of sp³-hybridized carbons (Fsp3) is 0.400. The minimum absolute atomic E-state index is 0.762. The fourth-order valence-electron chi connectivity index (χ4n) is 1.30. The van der Waals surface area contributed by atoms with Crippen molar-refractivity contribution in [3.05, 3.63) is 29.8 Å². The monoisotopic (exact) mass is 213 g/mol. The lowest BCUT2D eigenvalue weighted by Gasteiger charge is -2.19. The van der Waals surface area contributed by atoms with Gasteiger partial charge in [0.15, 0.2) is 0 Å². The molecular weight excluding hydrogens is 198 g/mol. The largest absolute Gasteiger partial charge is 0.273 e. The Kier molecular flexibility index (Phi) is 3.16. The third kappa shape index (κ3) is 2.26. The van der Waals surface area contributed by atoms with E-state index in [-0.39, 0.29) is 0 Å². The number of hydrogen-bond donors (Lipinski definition) is 0. The molecule has 0 radical (unpaired) electrons. The summed E-state index contributed by atoms with van der Waals surface area (Å²) in [5.41, 5.74) is 1.80. The predicted octanol–water partition coefficient (Wildman–Crippen LogP) is 1.64. The van der Waals surface area contributed by atoms with Gasteiger partial charge >= 0.3 is 0 Å². The van der Waals surface area contributed by atoms with Crippen LogP contribution in [0.5, 0.6) is 0 Å². The maximum atomic E-state index is 11.3. The average Bonchev–Trinajstić information content (AvgIpc) is 2.15. The highest BCUT2D eigenvalue weighted by Gasteiger charge is 2.13. The summed E-state index contributed by atoms with van der Waals surface area (Å²) in [4.78, 5) is 0. The molecule has 1 aromatic rings. The summed E-state index contributed by atoms with van der Waals surface area (Å²) in [6, 6.07) is 7.52. The maximum absolute atomic E-state index is 11.3. The van der Waals surface area contributed by atoms with Crippen molar-refractivity contribution in [2.45, 2.75) is 13.3 Å². The van der Waals surface area contributed by atoms with Gasteiger partial charge < -0.3 is 0 Å². The highest BCUT2D eigenvalue weighted by atomic mass is 32.2. The normalized spacial score (nSPS) is 11.4. The highest BCUT2D eigenvalue weighted by molar-refractivity contribution is 7.92. The molecule has 0 N–H and O–H groups in total. The van der Waals surface area contributed by atoms with Crippen LogP contribution in [-0.2, 0) is 16.4 Å². The van der Waals surface area contributed by atoms with Gasteiger partial charge in [-0.05, 0) is 18.1 Å². The van der Waals surface area contributed by atoms with Crippen molar-refractivity contribution in [3.63, 3.8) is 0 Å². The van der Waals surface area contributed by atoms with Gasteiger partial charge in [-0.15, -0.1) is 0 Å². The van der Waals surface area contributed by atoms with E-state index in [1.807, 2.05) is 31.2 Å². The van der Waals surface area contributed by atoms with Crippen LogP contribution in [0.4, 0.5) is 5.69 Å². The fourth-order valence-corrected chi connectivity index (χ4v) is 1.83. The van der Waals surface area contributed by atoms with Crippen LogP contribution in [0, 0.1) is 0 Å². The lowest BCUT2D eigenvalue weighted by Crippen LogP contribution is -2.25. The second-order valence-electron chi connectivity index (χ2n) is 3.21. The van der Waals surface area contributed by atoms with E-state index in [1.54, 1.807) is 7.05 Å². The van der Waals surface area contributed by atoms with E-state index in [0.717, 1.165) is 17.7 Å². The number of benzene rings is 1. The molecule has 0 unspecified atom stereocenters. The number of nitrogens with zero attached hydrogens (tertiary/aromatic N) is 1. The van der Waals surface area contributed by atoms with Crippen molar-refractivity contribution in [1.29, 1.82) is 0 Å². The summed E-state index contributed by atoms with van der Waals surface area (Å²) in [5.74, 6) is 0. The molecule has 0 spiro atoms. The molecule has 0 atom stereocenters. The van der Waals surface area contributed by atoms with E-state index in [0.29, 0.717) is 0 Å². The number of aryl methyl sites for hydroxylation is 1. The zero-order chi connectivity index (χ0) is 10.8. The summed E-state index contributed by atoms with van der Waals surface area (Å²) >= 11 is 0. The number of rotatable bonds is 3. The molecule has 0 heterocycles. The van der Waals surface area contributed by atoms with E-state index in [1.165, 1.54) is 10.6 Å². The van der Waals surface area contributed by atoms with Crippen molar-refractivity contribution in [2.24, 2.45) is 0 Å². The Morgan fingerprint density at radius 2 is 1.86 bits per heavy atom. The summed E-state index contributed by atoms with van der Waals surface area (Å²) in [7, 11) is -1.58. The number of para-hydroxylation sites is 1. The minimum atomic E-state index is -3.16. The molecule has 0 aliphatic rings. The van der Waals surface area contributed by atoms with Crippen LogP contribution in [-0.4, -0.2) is 21.7 Å². The lowest BCUT2D eigenvalue weighted by molar-refractivity contribution is 0.600. The average molecular weight is 213 g/mol. The molecule has 0 saturated heterocycles. The van der Waals surface area contributed by atoms with Crippen LogP contribution in [0.25, 0.3) is 0 Å². The Morgan fingerprint density at radius 1 is 1.29 bits per heavy atom. The summed E-state index contributed by atoms with van der Waals surface area (Å²) in [6.07, 6.45) is 2.04. The van der Waals surface area contributed by atoms with Gasteiger partial charge in [-0.2, -0.15) is 0 Å². The molecule has 1 rings (SSSR count). The van der Waals surface area contributed by atoms with Gasteiger partial charge in [0.25, 0.3) is 0 Å². The van der Waals surface area contributed by atoms with E-state index in [4.69, 9.17) is 0 Å². The Balaban J connectivity index is 3.19. The first-order valence-corrected chi connectivity index (χ1v) is 6.33. The molecule has 0 amide bonds. The molecule has 0 aromatic heterocycles. The first-order chi connectivity index (χ1) is 6.46. The van der Waals surface area contributed by atoms with Gasteiger partial charge in [0, 0.05) is 7.05 Å². The first kappa shape index (κ1) is 11.0. The Morgan fingerprint density at radius 3 is 2.36 bits per heavy atom. The summed E-state index contributed by atoms with van der Waals surface area (Å²) in [5, 5.41) is 0. The summed E-state index contributed by atoms with van der Waals surface area (Å²) in [6.45, 7) is 2.01. The molecule has 0 aliphatic carbocycles. The second kappa shape index (κ2) is 4.00. The van der Waals surface area contributed by atoms with Crippen LogP contribution in [0.3, 0.4) is 0 Å². The molecule has 0 saturated carbocycles. The first-order valence-electron chi connectivity index (χ1n) is 4.48. The molecule has 78 valence electrons. The molecule has 0 bridgehead atoms. The second-order valence-corrected chi connectivity index (χ2v) is 5.23. The van der Waals surface area contributed by atoms with Gasteiger partial charge in [0.05, 0.1) is 11.9 Å². The molecule has 3 nitrogen and oxygen atoms in total. The topological polar surface area (TPSA) is 37.4 Å².